The average Bonchev–Trinajstić information content (AvgIpc) is 2.93. The fourth-order valence-electron chi connectivity index (χ4n) is 2.28. The number of thiazole rings is 1. The third kappa shape index (κ3) is 3.95. The Morgan fingerprint density at radius 3 is 2.57 bits per heavy atom. The summed E-state index contributed by atoms with van der Waals surface area (Å²) in [5.41, 5.74) is 2.29. The van der Waals surface area contributed by atoms with Crippen molar-refractivity contribution in [3.8, 4) is 11.5 Å². The Morgan fingerprint density at radius 1 is 1.24 bits per heavy atom. The lowest BCUT2D eigenvalue weighted by atomic mass is 10.0. The Hall–Kier alpha value is -1.59. The predicted molar refractivity (Wildman–Crippen MR) is 86.3 cm³/mol. The van der Waals surface area contributed by atoms with E-state index < -0.39 is 0 Å². The molecule has 0 aliphatic rings. The number of rotatable bonds is 7. The number of aryl methyl sites for hydroxylation is 1. The summed E-state index contributed by atoms with van der Waals surface area (Å²) in [6.07, 6.45) is 0.999. The van der Waals surface area contributed by atoms with E-state index >= 15 is 0 Å². The quantitative estimate of drug-likeness (QED) is 0.847. The number of ether oxygens (including phenoxy) is 2. The Kier molecular flexibility index (Phi) is 5.59. The molecule has 1 aromatic carbocycles. The smallest absolute Gasteiger partial charge is 0.161 e. The van der Waals surface area contributed by atoms with Crippen molar-refractivity contribution in [2.75, 3.05) is 14.2 Å². The molecule has 2 aromatic rings. The molecule has 1 unspecified atom stereocenters. The van der Waals surface area contributed by atoms with Crippen LogP contribution >= 0.6 is 11.3 Å². The molecule has 1 atom stereocenters. The molecule has 0 amide bonds. The molecule has 0 aliphatic heterocycles. The zero-order chi connectivity index (χ0) is 15.2. The van der Waals surface area contributed by atoms with E-state index in [1.165, 1.54) is 5.56 Å². The van der Waals surface area contributed by atoms with Crippen LogP contribution < -0.4 is 14.8 Å². The fourth-order valence-corrected chi connectivity index (χ4v) is 2.90. The minimum absolute atomic E-state index is 0.270. The first kappa shape index (κ1) is 15.8. The lowest BCUT2D eigenvalue weighted by Crippen LogP contribution is -2.20. The van der Waals surface area contributed by atoms with E-state index in [1.807, 2.05) is 19.1 Å². The monoisotopic (exact) mass is 306 g/mol. The van der Waals surface area contributed by atoms with Gasteiger partial charge in [-0.2, -0.15) is 0 Å². The molecular weight excluding hydrogens is 284 g/mol. The highest BCUT2D eigenvalue weighted by molar-refractivity contribution is 7.09. The molecule has 114 valence electrons. The number of nitrogens with zero attached hydrogens (tertiary/aromatic N) is 1. The van der Waals surface area contributed by atoms with Crippen molar-refractivity contribution in [3.63, 3.8) is 0 Å². The van der Waals surface area contributed by atoms with Crippen LogP contribution in [-0.4, -0.2) is 19.2 Å². The van der Waals surface area contributed by atoms with Crippen LogP contribution in [0.4, 0.5) is 0 Å². The molecule has 0 radical (unpaired) electrons. The summed E-state index contributed by atoms with van der Waals surface area (Å²) in [5, 5.41) is 6.76. The second-order valence-corrected chi connectivity index (χ2v) is 5.88. The van der Waals surface area contributed by atoms with Gasteiger partial charge in [0.25, 0.3) is 0 Å². The highest BCUT2D eigenvalue weighted by Crippen LogP contribution is 2.31. The van der Waals surface area contributed by atoms with Gasteiger partial charge in [0.2, 0.25) is 0 Å². The van der Waals surface area contributed by atoms with Gasteiger partial charge in [-0.1, -0.05) is 13.0 Å². The number of hydrogen-bond acceptors (Lipinski definition) is 5. The van der Waals surface area contributed by atoms with Crippen molar-refractivity contribution < 1.29 is 9.47 Å². The van der Waals surface area contributed by atoms with E-state index in [-0.39, 0.29) is 6.04 Å². The standard InChI is InChI=1S/C16H22N2O2S/c1-5-14(17-9-13-10-21-11(2)18-13)12-6-7-15(19-3)16(8-12)20-4/h6-8,10,14,17H,5,9H2,1-4H3. The highest BCUT2D eigenvalue weighted by atomic mass is 32.1. The van der Waals surface area contributed by atoms with Gasteiger partial charge in [-0.25, -0.2) is 4.98 Å². The van der Waals surface area contributed by atoms with Crippen LogP contribution in [0.1, 0.15) is 35.7 Å². The topological polar surface area (TPSA) is 43.4 Å². The first-order valence-corrected chi connectivity index (χ1v) is 7.92. The first-order valence-electron chi connectivity index (χ1n) is 7.04. The van der Waals surface area contributed by atoms with Gasteiger partial charge in [0, 0.05) is 18.0 Å². The minimum atomic E-state index is 0.270. The molecule has 0 saturated carbocycles. The van der Waals surface area contributed by atoms with Gasteiger partial charge in [0.1, 0.15) is 0 Å². The molecule has 2 rings (SSSR count). The molecular formula is C16H22N2O2S. The van der Waals surface area contributed by atoms with Gasteiger partial charge in [0.15, 0.2) is 11.5 Å². The maximum absolute atomic E-state index is 5.37. The number of hydrogen-bond donors (Lipinski definition) is 1. The van der Waals surface area contributed by atoms with Gasteiger partial charge >= 0.3 is 0 Å². The summed E-state index contributed by atoms with van der Waals surface area (Å²) in [7, 11) is 3.31. The second kappa shape index (κ2) is 7.43. The molecule has 0 aliphatic carbocycles. The zero-order valence-corrected chi connectivity index (χ0v) is 13.8. The molecule has 5 heteroatoms. The Balaban J connectivity index is 2.09. The van der Waals surface area contributed by atoms with Crippen LogP contribution in [0.5, 0.6) is 11.5 Å². The van der Waals surface area contributed by atoms with E-state index in [1.54, 1.807) is 25.6 Å². The molecule has 0 spiro atoms. The molecule has 0 saturated heterocycles. The van der Waals surface area contributed by atoms with Crippen LogP contribution in [-0.2, 0) is 6.54 Å². The van der Waals surface area contributed by atoms with E-state index in [0.29, 0.717) is 0 Å². The third-order valence-electron chi connectivity index (χ3n) is 3.41. The predicted octanol–water partition coefficient (Wildman–Crippen LogP) is 3.71. The normalized spacial score (nSPS) is 12.2. The largest absolute Gasteiger partial charge is 0.493 e. The summed E-state index contributed by atoms with van der Waals surface area (Å²) in [4.78, 5) is 4.48. The summed E-state index contributed by atoms with van der Waals surface area (Å²) in [5.74, 6) is 1.52. The third-order valence-corrected chi connectivity index (χ3v) is 4.24. The molecule has 1 N–H and O–H groups in total. The van der Waals surface area contributed by atoms with Gasteiger partial charge in [-0.05, 0) is 31.0 Å². The number of methoxy groups -OCH3 is 2. The Morgan fingerprint density at radius 2 is 2.00 bits per heavy atom. The summed E-state index contributed by atoms with van der Waals surface area (Å²) >= 11 is 1.68. The van der Waals surface area contributed by atoms with Crippen molar-refractivity contribution in [1.82, 2.24) is 10.3 Å². The second-order valence-electron chi connectivity index (χ2n) is 4.81. The van der Waals surface area contributed by atoms with Crippen molar-refractivity contribution in [1.29, 1.82) is 0 Å². The molecule has 4 nitrogen and oxygen atoms in total. The van der Waals surface area contributed by atoms with Crippen molar-refractivity contribution >= 4 is 11.3 Å². The number of nitrogens with one attached hydrogen (secondary N) is 1. The highest BCUT2D eigenvalue weighted by Gasteiger charge is 2.13. The average molecular weight is 306 g/mol. The molecule has 1 aromatic heterocycles. The zero-order valence-electron chi connectivity index (χ0n) is 13.0. The van der Waals surface area contributed by atoms with Crippen LogP contribution in [0.3, 0.4) is 0 Å². The van der Waals surface area contributed by atoms with Gasteiger partial charge in [-0.3, -0.25) is 0 Å². The summed E-state index contributed by atoms with van der Waals surface area (Å²) in [6, 6.07) is 6.33. The molecule has 1 heterocycles. The van der Waals surface area contributed by atoms with Crippen molar-refractivity contribution in [2.45, 2.75) is 32.9 Å². The van der Waals surface area contributed by atoms with Gasteiger partial charge < -0.3 is 14.8 Å². The van der Waals surface area contributed by atoms with Crippen LogP contribution in [0, 0.1) is 6.92 Å². The Bertz CT molecular complexity index is 583. The lowest BCUT2D eigenvalue weighted by molar-refractivity contribution is 0.353. The van der Waals surface area contributed by atoms with E-state index in [0.717, 1.165) is 35.2 Å². The van der Waals surface area contributed by atoms with Crippen LogP contribution in [0.25, 0.3) is 0 Å². The molecule has 0 bridgehead atoms. The molecule has 0 fully saturated rings. The number of benzene rings is 1. The van der Waals surface area contributed by atoms with Crippen molar-refractivity contribution in [2.24, 2.45) is 0 Å². The summed E-state index contributed by atoms with van der Waals surface area (Å²) < 4.78 is 10.7. The van der Waals surface area contributed by atoms with E-state index in [9.17, 15) is 0 Å². The first-order chi connectivity index (χ1) is 10.2. The van der Waals surface area contributed by atoms with Crippen LogP contribution in [0.15, 0.2) is 23.6 Å². The lowest BCUT2D eigenvalue weighted by Gasteiger charge is -2.18. The maximum atomic E-state index is 5.37. The van der Waals surface area contributed by atoms with E-state index in [4.69, 9.17) is 9.47 Å². The fraction of sp³-hybridized carbons (Fsp3) is 0.438. The number of aromatic nitrogens is 1. The van der Waals surface area contributed by atoms with Crippen molar-refractivity contribution in [3.05, 3.63) is 39.8 Å². The minimum Gasteiger partial charge on any atom is -0.493 e. The molecule has 21 heavy (non-hydrogen) atoms. The summed E-state index contributed by atoms with van der Waals surface area (Å²) in [6.45, 7) is 4.97. The van der Waals surface area contributed by atoms with E-state index in [2.05, 4.69) is 28.7 Å². The van der Waals surface area contributed by atoms with Gasteiger partial charge in [0.05, 0.1) is 24.9 Å². The Labute approximate surface area is 130 Å². The maximum Gasteiger partial charge on any atom is 0.161 e. The van der Waals surface area contributed by atoms with Crippen LogP contribution in [0.2, 0.25) is 0 Å². The van der Waals surface area contributed by atoms with Gasteiger partial charge in [-0.15, -0.1) is 11.3 Å². The SMILES string of the molecule is CCC(NCc1csc(C)n1)c1ccc(OC)c(OC)c1.